The van der Waals surface area contributed by atoms with Crippen LogP contribution in [-0.2, 0) is 6.42 Å². The van der Waals surface area contributed by atoms with Crippen molar-refractivity contribution in [3.63, 3.8) is 0 Å². The quantitative estimate of drug-likeness (QED) is 0.0828. The van der Waals surface area contributed by atoms with E-state index in [4.69, 9.17) is 18.8 Å². The fraction of sp³-hybridized carbons (Fsp3) is 0.0690. The molecule has 7 aromatic carbocycles. The first-order valence-corrected chi connectivity index (χ1v) is 21.5. The molecule has 0 saturated heterocycles. The van der Waals surface area contributed by atoms with Gasteiger partial charge in [0.2, 0.25) is 0 Å². The molecule has 0 N–H and O–H groups in total. The van der Waals surface area contributed by atoms with E-state index in [-0.39, 0.29) is 0 Å². The van der Waals surface area contributed by atoms with E-state index in [0.717, 1.165) is 106 Å². The van der Waals surface area contributed by atoms with Gasteiger partial charge in [0, 0.05) is 62.5 Å². The number of aliphatic imine (C=N–C) groups is 2. The lowest BCUT2D eigenvalue weighted by molar-refractivity contribution is 0.658. The first kappa shape index (κ1) is 37.9. The van der Waals surface area contributed by atoms with Crippen molar-refractivity contribution in [1.82, 2.24) is 4.57 Å². The largest absolute Gasteiger partial charge is 0.456 e. The van der Waals surface area contributed by atoms with Crippen LogP contribution in [0.25, 0.3) is 71.4 Å². The highest BCUT2D eigenvalue weighted by Gasteiger charge is 2.23. The number of hydrogen-bond donors (Lipinski definition) is 0. The Labute approximate surface area is 365 Å². The fourth-order valence-electron chi connectivity index (χ4n) is 8.97. The Morgan fingerprint density at radius 1 is 0.651 bits per heavy atom. The van der Waals surface area contributed by atoms with Crippen LogP contribution in [0.1, 0.15) is 36.5 Å². The third-order valence-corrected chi connectivity index (χ3v) is 12.1. The molecule has 3 aromatic heterocycles. The van der Waals surface area contributed by atoms with Gasteiger partial charge in [-0.05, 0) is 78.4 Å². The first-order valence-electron chi connectivity index (χ1n) is 21.5. The smallest absolute Gasteiger partial charge is 0.159 e. The Morgan fingerprint density at radius 3 is 2.14 bits per heavy atom. The van der Waals surface area contributed by atoms with Gasteiger partial charge in [-0.1, -0.05) is 152 Å². The summed E-state index contributed by atoms with van der Waals surface area (Å²) >= 11 is 0. The van der Waals surface area contributed by atoms with Gasteiger partial charge in [-0.25, -0.2) is 9.98 Å². The monoisotopic (exact) mass is 813 g/mol. The second-order valence-corrected chi connectivity index (χ2v) is 16.1. The third-order valence-electron chi connectivity index (χ3n) is 12.1. The van der Waals surface area contributed by atoms with Crippen molar-refractivity contribution >= 4 is 83.4 Å². The molecule has 10 aromatic rings. The number of fused-ring (bicyclic) bond motifs is 10. The zero-order chi connectivity index (χ0) is 42.3. The minimum Gasteiger partial charge on any atom is -0.456 e. The molecule has 0 fully saturated rings. The summed E-state index contributed by atoms with van der Waals surface area (Å²) in [6.07, 6.45) is 13.7. The van der Waals surface area contributed by atoms with Crippen molar-refractivity contribution in [3.05, 3.63) is 234 Å². The van der Waals surface area contributed by atoms with Gasteiger partial charge in [-0.3, -0.25) is 0 Å². The van der Waals surface area contributed by atoms with E-state index in [2.05, 4.69) is 133 Å². The van der Waals surface area contributed by atoms with E-state index in [9.17, 15) is 0 Å². The second kappa shape index (κ2) is 16.1. The molecule has 63 heavy (non-hydrogen) atoms. The van der Waals surface area contributed by atoms with Crippen molar-refractivity contribution < 1.29 is 8.83 Å². The molecule has 0 aliphatic heterocycles. The molecular formula is C58H43N3O2. The maximum atomic E-state index is 6.92. The van der Waals surface area contributed by atoms with E-state index in [1.54, 1.807) is 0 Å². The first-order chi connectivity index (χ1) is 31.1. The number of nitrogens with zero attached hydrogens (tertiary/aromatic N) is 3. The molecule has 0 radical (unpaired) electrons. The summed E-state index contributed by atoms with van der Waals surface area (Å²) < 4.78 is 15.7. The maximum absolute atomic E-state index is 6.92. The Morgan fingerprint density at radius 2 is 1.35 bits per heavy atom. The number of aromatic nitrogens is 1. The van der Waals surface area contributed by atoms with Crippen molar-refractivity contribution in [2.24, 2.45) is 9.98 Å². The Bertz CT molecular complexity index is 3590. The van der Waals surface area contributed by atoms with Crippen LogP contribution in [0.15, 0.2) is 236 Å². The average Bonchev–Trinajstić information content (AvgIpc) is 4.00. The van der Waals surface area contributed by atoms with Crippen LogP contribution >= 0.6 is 0 Å². The van der Waals surface area contributed by atoms with Gasteiger partial charge in [0.15, 0.2) is 5.84 Å². The Kier molecular flexibility index (Phi) is 9.70. The van der Waals surface area contributed by atoms with Crippen LogP contribution < -0.4 is 0 Å². The van der Waals surface area contributed by atoms with Crippen LogP contribution in [0, 0.1) is 0 Å². The SMILES string of the molecule is C=C(/N=C(\N=C\c1ccccc1)c1ccccc1)/C(C)=C/C(C1=CCCC=C1)=C(\Cc1ccccc1)n1c2ccccc2c2c3oc4cc5oc6ccccc6c5cc4c3ccc21. The van der Waals surface area contributed by atoms with Crippen LogP contribution in [-0.4, -0.2) is 16.6 Å². The standard InChI is InChI=1S/C58H43N3O2/c1-38(39(2)60-58(43-25-13-6-14-26-43)59-37-41-21-9-4-10-22-41)33-47(42-23-11-5-12-24-42)52(34-40-19-7-3-8-20-40)61-50-29-17-15-28-46(50)56-51(61)32-31-45-49-35-48-44-27-16-18-30-53(44)62-54(48)36-55(49)63-57(45)56/h3-4,6-11,13-33,35-37H,2,5,12,34H2,1H3/b38-33+,52-47-,59-37+,60-58-. The highest BCUT2D eigenvalue weighted by molar-refractivity contribution is 6.25. The zero-order valence-electron chi connectivity index (χ0n) is 35.0. The molecule has 0 unspecified atom stereocenters. The van der Waals surface area contributed by atoms with Crippen LogP contribution in [0.5, 0.6) is 0 Å². The number of allylic oxidation sites excluding steroid dienone is 8. The normalized spacial score (nSPS) is 14.2. The van der Waals surface area contributed by atoms with Gasteiger partial charge in [0.05, 0.1) is 22.1 Å². The number of rotatable bonds is 9. The van der Waals surface area contributed by atoms with Gasteiger partial charge in [0.25, 0.3) is 0 Å². The van der Waals surface area contributed by atoms with Crippen molar-refractivity contribution in [1.29, 1.82) is 0 Å². The van der Waals surface area contributed by atoms with Gasteiger partial charge in [-0.15, -0.1) is 0 Å². The number of furan rings is 2. The molecule has 0 atom stereocenters. The molecule has 0 saturated carbocycles. The van der Waals surface area contributed by atoms with Crippen molar-refractivity contribution in [2.45, 2.75) is 26.2 Å². The summed E-state index contributed by atoms with van der Waals surface area (Å²) in [5.41, 5.74) is 13.7. The molecule has 1 aliphatic rings. The van der Waals surface area contributed by atoms with Crippen LogP contribution in [0.2, 0.25) is 0 Å². The summed E-state index contributed by atoms with van der Waals surface area (Å²) in [7, 11) is 0. The average molecular weight is 814 g/mol. The summed E-state index contributed by atoms with van der Waals surface area (Å²) in [4.78, 5) is 10.0. The van der Waals surface area contributed by atoms with Crippen LogP contribution in [0.3, 0.4) is 0 Å². The minimum absolute atomic E-state index is 0.599. The van der Waals surface area contributed by atoms with Crippen molar-refractivity contribution in [2.75, 3.05) is 0 Å². The molecule has 302 valence electrons. The molecule has 0 amide bonds. The highest BCUT2D eigenvalue weighted by atomic mass is 16.3. The molecule has 1 aliphatic carbocycles. The number of para-hydroxylation sites is 2. The van der Waals surface area contributed by atoms with Crippen molar-refractivity contribution in [3.8, 4) is 0 Å². The van der Waals surface area contributed by atoms with Gasteiger partial charge in [0.1, 0.15) is 22.3 Å². The molecule has 3 heterocycles. The van der Waals surface area contributed by atoms with E-state index in [1.807, 2.05) is 79.0 Å². The Hall–Kier alpha value is -8.02. The molecular weight excluding hydrogens is 771 g/mol. The van der Waals surface area contributed by atoms with Gasteiger partial charge in [-0.2, -0.15) is 0 Å². The Balaban J connectivity index is 1.14. The number of amidine groups is 1. The van der Waals surface area contributed by atoms with Crippen LogP contribution in [0.4, 0.5) is 0 Å². The van der Waals surface area contributed by atoms with Gasteiger partial charge < -0.3 is 13.4 Å². The predicted molar refractivity (Wildman–Crippen MR) is 264 cm³/mol. The van der Waals surface area contributed by atoms with E-state index >= 15 is 0 Å². The molecule has 0 spiro atoms. The fourth-order valence-corrected chi connectivity index (χ4v) is 8.97. The van der Waals surface area contributed by atoms with E-state index in [0.29, 0.717) is 18.0 Å². The lowest BCUT2D eigenvalue weighted by atomic mass is 9.93. The summed E-state index contributed by atoms with van der Waals surface area (Å²) in [5, 5.41) is 6.54. The third kappa shape index (κ3) is 7.04. The summed E-state index contributed by atoms with van der Waals surface area (Å²) in [6.45, 7) is 6.65. The van der Waals surface area contributed by atoms with E-state index in [1.165, 1.54) is 11.1 Å². The summed E-state index contributed by atoms with van der Waals surface area (Å²) in [6, 6.07) is 56.6. The lowest BCUT2D eigenvalue weighted by Gasteiger charge is -2.20. The maximum Gasteiger partial charge on any atom is 0.159 e. The minimum atomic E-state index is 0.599. The summed E-state index contributed by atoms with van der Waals surface area (Å²) in [5.74, 6) is 0.599. The topological polar surface area (TPSA) is 55.9 Å². The zero-order valence-corrected chi connectivity index (χ0v) is 35.0. The predicted octanol–water partition coefficient (Wildman–Crippen LogP) is 15.3. The molecule has 0 bridgehead atoms. The highest BCUT2D eigenvalue weighted by Crippen LogP contribution is 2.44. The molecule has 5 nitrogen and oxygen atoms in total. The molecule has 5 heteroatoms. The lowest BCUT2D eigenvalue weighted by Crippen LogP contribution is -2.07. The number of benzene rings is 7. The number of hydrogen-bond acceptors (Lipinski definition) is 3. The van der Waals surface area contributed by atoms with E-state index < -0.39 is 0 Å². The molecule has 11 rings (SSSR count). The second-order valence-electron chi connectivity index (χ2n) is 16.1. The van der Waals surface area contributed by atoms with Gasteiger partial charge >= 0.3 is 0 Å².